The molecule has 8 heteroatoms. The summed E-state index contributed by atoms with van der Waals surface area (Å²) in [5, 5.41) is 6.65. The van der Waals surface area contributed by atoms with Crippen molar-refractivity contribution in [1.29, 1.82) is 0 Å². The summed E-state index contributed by atoms with van der Waals surface area (Å²) in [6.07, 6.45) is 2.79. The van der Waals surface area contributed by atoms with Crippen LogP contribution in [0.5, 0.6) is 5.75 Å². The third-order valence-electron chi connectivity index (χ3n) is 4.87. The number of nitrogens with zero attached hydrogens (tertiary/aromatic N) is 1. The molecule has 0 aliphatic rings. The molecule has 0 spiro atoms. The monoisotopic (exact) mass is 467 g/mol. The molecule has 0 bridgehead atoms. The number of furan rings is 1. The van der Waals surface area contributed by atoms with E-state index in [1.54, 1.807) is 66.7 Å². The minimum absolute atomic E-state index is 0.159. The van der Waals surface area contributed by atoms with Crippen molar-refractivity contribution < 1.29 is 23.5 Å². The fourth-order valence-corrected chi connectivity index (χ4v) is 3.17. The van der Waals surface area contributed by atoms with Gasteiger partial charge in [-0.15, -0.1) is 0 Å². The van der Waals surface area contributed by atoms with Crippen LogP contribution in [0.3, 0.4) is 0 Å². The van der Waals surface area contributed by atoms with Gasteiger partial charge in [-0.25, -0.2) is 10.2 Å². The van der Waals surface area contributed by atoms with Gasteiger partial charge in [0.2, 0.25) is 0 Å². The van der Waals surface area contributed by atoms with Gasteiger partial charge in [-0.2, -0.15) is 5.10 Å². The fourth-order valence-electron chi connectivity index (χ4n) is 3.17. The standard InChI is InChI=1S/C27H21N3O5/c1-18-7-4-10-20(15-18)27(33)35-23-12-3-2-8-21(23)17-28-30-25(31)19-9-5-11-22(16-19)29-26(32)24-13-6-14-34-24/h2-17H,1H3,(H,29,32)(H,30,31). The lowest BCUT2D eigenvalue weighted by Crippen LogP contribution is -2.18. The molecule has 3 aromatic carbocycles. The van der Waals surface area contributed by atoms with Gasteiger partial charge in [-0.1, -0.05) is 35.9 Å². The summed E-state index contributed by atoms with van der Waals surface area (Å²) in [6.45, 7) is 1.89. The van der Waals surface area contributed by atoms with E-state index in [0.29, 0.717) is 28.1 Å². The summed E-state index contributed by atoms with van der Waals surface area (Å²) < 4.78 is 10.6. The van der Waals surface area contributed by atoms with E-state index in [1.807, 2.05) is 13.0 Å². The number of amides is 2. The van der Waals surface area contributed by atoms with Crippen LogP contribution in [-0.2, 0) is 0 Å². The van der Waals surface area contributed by atoms with E-state index in [0.717, 1.165) is 5.56 Å². The molecule has 0 unspecified atom stereocenters. The van der Waals surface area contributed by atoms with E-state index >= 15 is 0 Å². The molecule has 0 aliphatic carbocycles. The van der Waals surface area contributed by atoms with E-state index in [9.17, 15) is 14.4 Å². The molecule has 8 nitrogen and oxygen atoms in total. The predicted octanol–water partition coefficient (Wildman–Crippen LogP) is 4.82. The van der Waals surface area contributed by atoms with Crippen LogP contribution < -0.4 is 15.5 Å². The number of carbonyl (C=O) groups is 3. The Labute approximate surface area is 201 Å². The molecule has 0 atom stereocenters. The Bertz CT molecular complexity index is 1390. The molecule has 1 heterocycles. The Kier molecular flexibility index (Phi) is 7.13. The summed E-state index contributed by atoms with van der Waals surface area (Å²) in [7, 11) is 0. The molecule has 0 radical (unpaired) electrons. The van der Waals surface area contributed by atoms with Crippen molar-refractivity contribution in [3.05, 3.63) is 119 Å². The Morgan fingerprint density at radius 1 is 0.857 bits per heavy atom. The molecule has 1 aromatic heterocycles. The number of anilines is 1. The van der Waals surface area contributed by atoms with Crippen molar-refractivity contribution in [2.45, 2.75) is 6.92 Å². The number of nitrogens with one attached hydrogen (secondary N) is 2. The predicted molar refractivity (Wildman–Crippen MR) is 131 cm³/mol. The molecular weight excluding hydrogens is 446 g/mol. The van der Waals surface area contributed by atoms with Gasteiger partial charge < -0.3 is 14.5 Å². The van der Waals surface area contributed by atoms with Crippen LogP contribution in [0.25, 0.3) is 0 Å². The van der Waals surface area contributed by atoms with Gasteiger partial charge in [0.25, 0.3) is 11.8 Å². The van der Waals surface area contributed by atoms with Crippen molar-refractivity contribution in [3.8, 4) is 5.75 Å². The van der Waals surface area contributed by atoms with Crippen molar-refractivity contribution in [2.24, 2.45) is 5.10 Å². The van der Waals surface area contributed by atoms with Crippen LogP contribution in [-0.4, -0.2) is 24.0 Å². The van der Waals surface area contributed by atoms with E-state index in [2.05, 4.69) is 15.8 Å². The third-order valence-corrected chi connectivity index (χ3v) is 4.87. The van der Waals surface area contributed by atoms with Crippen LogP contribution in [0.15, 0.2) is 101 Å². The third kappa shape index (κ3) is 6.08. The van der Waals surface area contributed by atoms with Crippen molar-refractivity contribution in [2.75, 3.05) is 5.32 Å². The fraction of sp³-hybridized carbons (Fsp3) is 0.0370. The average Bonchev–Trinajstić information content (AvgIpc) is 3.40. The first-order valence-electron chi connectivity index (χ1n) is 10.7. The van der Waals surface area contributed by atoms with Gasteiger partial charge in [0.1, 0.15) is 5.75 Å². The zero-order valence-corrected chi connectivity index (χ0v) is 18.7. The van der Waals surface area contributed by atoms with Crippen LogP contribution >= 0.6 is 0 Å². The average molecular weight is 467 g/mol. The van der Waals surface area contributed by atoms with Crippen molar-refractivity contribution >= 4 is 29.7 Å². The lowest BCUT2D eigenvalue weighted by Gasteiger charge is -2.08. The number of hydrogen-bond acceptors (Lipinski definition) is 6. The van der Waals surface area contributed by atoms with Gasteiger partial charge in [-0.05, 0) is 61.5 Å². The van der Waals surface area contributed by atoms with E-state index in [-0.39, 0.29) is 5.76 Å². The molecular formula is C27H21N3O5. The number of rotatable bonds is 7. The topological polar surface area (TPSA) is 110 Å². The van der Waals surface area contributed by atoms with Gasteiger partial charge in [0.15, 0.2) is 5.76 Å². The molecule has 0 saturated heterocycles. The number of benzene rings is 3. The van der Waals surface area contributed by atoms with Crippen molar-refractivity contribution in [3.63, 3.8) is 0 Å². The minimum atomic E-state index is -0.494. The lowest BCUT2D eigenvalue weighted by molar-refractivity contribution is 0.0733. The van der Waals surface area contributed by atoms with Gasteiger partial charge >= 0.3 is 5.97 Å². The van der Waals surface area contributed by atoms with E-state index < -0.39 is 17.8 Å². The molecule has 35 heavy (non-hydrogen) atoms. The summed E-state index contributed by atoms with van der Waals surface area (Å²) in [6, 6.07) is 23.5. The highest BCUT2D eigenvalue weighted by molar-refractivity contribution is 6.03. The Morgan fingerprint density at radius 3 is 2.46 bits per heavy atom. The second-order valence-corrected chi connectivity index (χ2v) is 7.51. The van der Waals surface area contributed by atoms with E-state index in [4.69, 9.17) is 9.15 Å². The smallest absolute Gasteiger partial charge is 0.343 e. The highest BCUT2D eigenvalue weighted by Gasteiger charge is 2.12. The van der Waals surface area contributed by atoms with Gasteiger partial charge in [0.05, 0.1) is 18.0 Å². The molecule has 2 amide bonds. The van der Waals surface area contributed by atoms with Crippen LogP contribution in [0, 0.1) is 6.92 Å². The van der Waals surface area contributed by atoms with E-state index in [1.165, 1.54) is 24.6 Å². The number of para-hydroxylation sites is 1. The highest BCUT2D eigenvalue weighted by atomic mass is 16.5. The Morgan fingerprint density at radius 2 is 1.66 bits per heavy atom. The van der Waals surface area contributed by atoms with Gasteiger partial charge in [0, 0.05) is 16.8 Å². The molecule has 0 aliphatic heterocycles. The van der Waals surface area contributed by atoms with Crippen LogP contribution in [0.4, 0.5) is 5.69 Å². The first-order valence-corrected chi connectivity index (χ1v) is 10.7. The molecule has 174 valence electrons. The number of hydrogen-bond donors (Lipinski definition) is 2. The molecule has 4 rings (SSSR count). The number of esters is 1. The van der Waals surface area contributed by atoms with Crippen LogP contribution in [0.2, 0.25) is 0 Å². The maximum absolute atomic E-state index is 12.5. The number of carbonyl (C=O) groups excluding carboxylic acids is 3. The molecule has 0 saturated carbocycles. The largest absolute Gasteiger partial charge is 0.459 e. The molecule has 4 aromatic rings. The molecule has 2 N–H and O–H groups in total. The maximum Gasteiger partial charge on any atom is 0.343 e. The maximum atomic E-state index is 12.5. The normalized spacial score (nSPS) is 10.7. The summed E-state index contributed by atoms with van der Waals surface area (Å²) in [5.41, 5.74) is 5.04. The molecule has 0 fully saturated rings. The Hall–Kier alpha value is -4.98. The van der Waals surface area contributed by atoms with Crippen molar-refractivity contribution in [1.82, 2.24) is 5.43 Å². The summed E-state index contributed by atoms with van der Waals surface area (Å²) in [5.74, 6) is -0.940. The lowest BCUT2D eigenvalue weighted by atomic mass is 10.1. The first-order chi connectivity index (χ1) is 17.0. The number of ether oxygens (including phenoxy) is 1. The minimum Gasteiger partial charge on any atom is -0.459 e. The summed E-state index contributed by atoms with van der Waals surface area (Å²) in [4.78, 5) is 37.2. The second kappa shape index (κ2) is 10.8. The Balaban J connectivity index is 1.40. The SMILES string of the molecule is Cc1cccc(C(=O)Oc2ccccc2C=NNC(=O)c2cccc(NC(=O)c3ccco3)c2)c1. The quantitative estimate of drug-likeness (QED) is 0.175. The number of aryl methyl sites for hydroxylation is 1. The van der Waals surface area contributed by atoms with Crippen LogP contribution in [0.1, 0.15) is 42.4 Å². The van der Waals surface area contributed by atoms with Gasteiger partial charge in [-0.3, -0.25) is 9.59 Å². The number of hydrazone groups is 1. The zero-order chi connectivity index (χ0) is 24.6. The summed E-state index contributed by atoms with van der Waals surface area (Å²) >= 11 is 0. The first kappa shape index (κ1) is 23.2. The zero-order valence-electron chi connectivity index (χ0n) is 18.7. The second-order valence-electron chi connectivity index (χ2n) is 7.51. The highest BCUT2D eigenvalue weighted by Crippen LogP contribution is 2.18.